The molecule has 4 rings (SSSR count). The van der Waals surface area contributed by atoms with Crippen molar-refractivity contribution in [2.45, 2.75) is 27.2 Å². The predicted molar refractivity (Wildman–Crippen MR) is 132 cm³/mol. The maximum atomic E-state index is 13.5. The first-order valence-corrected chi connectivity index (χ1v) is 11.1. The van der Waals surface area contributed by atoms with E-state index in [9.17, 15) is 9.59 Å². The van der Waals surface area contributed by atoms with Crippen molar-refractivity contribution in [2.24, 2.45) is 0 Å². The number of rotatable bonds is 5. The molecule has 162 valence electrons. The highest BCUT2D eigenvalue weighted by molar-refractivity contribution is 7.80. The SMILES string of the molecule is CCCN1C(=O)/C(=C/c2cc(C)n(-c3ccccc3)c2C)C(=O)N(c2ccccc2)C1=S. The summed E-state index contributed by atoms with van der Waals surface area (Å²) in [6, 6.07) is 21.2. The van der Waals surface area contributed by atoms with Crippen molar-refractivity contribution < 1.29 is 9.59 Å². The summed E-state index contributed by atoms with van der Waals surface area (Å²) in [6.07, 6.45) is 2.44. The van der Waals surface area contributed by atoms with Crippen LogP contribution in [0.1, 0.15) is 30.3 Å². The summed E-state index contributed by atoms with van der Waals surface area (Å²) in [5.74, 6) is -0.749. The number of amides is 2. The molecule has 0 N–H and O–H groups in total. The lowest BCUT2D eigenvalue weighted by atomic mass is 10.1. The van der Waals surface area contributed by atoms with Gasteiger partial charge in [-0.25, -0.2) is 0 Å². The van der Waals surface area contributed by atoms with Crippen LogP contribution in [0.25, 0.3) is 11.8 Å². The van der Waals surface area contributed by atoms with Crippen LogP contribution in [0.5, 0.6) is 0 Å². The van der Waals surface area contributed by atoms with E-state index >= 15 is 0 Å². The second-order valence-corrected chi connectivity index (χ2v) is 8.14. The van der Waals surface area contributed by atoms with E-state index in [0.29, 0.717) is 12.2 Å². The standard InChI is InChI=1S/C26H25N3O2S/c1-4-15-27-24(30)23(25(31)29(26(27)32)22-13-9-6-10-14-22)17-20-16-18(2)28(19(20)3)21-11-7-5-8-12-21/h5-14,16-17H,4,15H2,1-3H3/b23-17-. The van der Waals surface area contributed by atoms with Gasteiger partial charge in [0.1, 0.15) is 5.57 Å². The lowest BCUT2D eigenvalue weighted by Crippen LogP contribution is -2.56. The highest BCUT2D eigenvalue weighted by Gasteiger charge is 2.40. The van der Waals surface area contributed by atoms with Crippen LogP contribution < -0.4 is 4.90 Å². The van der Waals surface area contributed by atoms with Gasteiger partial charge in [0, 0.05) is 23.6 Å². The third-order valence-electron chi connectivity index (χ3n) is 5.58. The van der Waals surface area contributed by atoms with Crippen LogP contribution in [0.2, 0.25) is 0 Å². The molecule has 0 spiro atoms. The van der Waals surface area contributed by atoms with E-state index in [1.165, 1.54) is 9.80 Å². The summed E-state index contributed by atoms with van der Waals surface area (Å²) in [7, 11) is 0. The first-order chi connectivity index (χ1) is 15.4. The van der Waals surface area contributed by atoms with Gasteiger partial charge < -0.3 is 4.57 Å². The van der Waals surface area contributed by atoms with Crippen molar-refractivity contribution in [1.29, 1.82) is 0 Å². The molecule has 32 heavy (non-hydrogen) atoms. The van der Waals surface area contributed by atoms with Gasteiger partial charge >= 0.3 is 0 Å². The molecule has 0 saturated carbocycles. The van der Waals surface area contributed by atoms with Crippen molar-refractivity contribution in [3.63, 3.8) is 0 Å². The number of thiocarbonyl (C=S) groups is 1. The Morgan fingerprint density at radius 1 is 0.875 bits per heavy atom. The van der Waals surface area contributed by atoms with E-state index in [1.807, 2.05) is 87.5 Å². The number of carbonyl (C=O) groups is 2. The molecule has 0 unspecified atom stereocenters. The molecule has 2 amide bonds. The normalized spacial score (nSPS) is 15.7. The average molecular weight is 444 g/mol. The minimum Gasteiger partial charge on any atom is -0.318 e. The largest absolute Gasteiger partial charge is 0.318 e. The minimum absolute atomic E-state index is 0.115. The predicted octanol–water partition coefficient (Wildman–Crippen LogP) is 5.05. The molecule has 1 aliphatic heterocycles. The molecular formula is C26H25N3O2S. The summed E-state index contributed by atoms with van der Waals surface area (Å²) >= 11 is 5.56. The number of anilines is 1. The fraction of sp³-hybridized carbons (Fsp3) is 0.192. The molecule has 2 heterocycles. The second-order valence-electron chi connectivity index (χ2n) is 7.77. The number of aromatic nitrogens is 1. The van der Waals surface area contributed by atoms with Gasteiger partial charge in [-0.15, -0.1) is 0 Å². The van der Waals surface area contributed by atoms with Gasteiger partial charge in [0.25, 0.3) is 11.8 Å². The van der Waals surface area contributed by atoms with E-state index in [4.69, 9.17) is 12.2 Å². The molecule has 0 bridgehead atoms. The van der Waals surface area contributed by atoms with Gasteiger partial charge in [-0.05, 0) is 74.5 Å². The van der Waals surface area contributed by atoms with Gasteiger partial charge in [-0.2, -0.15) is 0 Å². The quantitative estimate of drug-likeness (QED) is 0.315. The molecule has 1 aliphatic rings. The van der Waals surface area contributed by atoms with E-state index < -0.39 is 5.91 Å². The Hall–Kier alpha value is -3.51. The zero-order valence-electron chi connectivity index (χ0n) is 18.4. The molecule has 1 saturated heterocycles. The van der Waals surface area contributed by atoms with Gasteiger partial charge in [-0.1, -0.05) is 43.3 Å². The Morgan fingerprint density at radius 3 is 2.06 bits per heavy atom. The summed E-state index contributed by atoms with van der Waals surface area (Å²) in [4.78, 5) is 29.8. The van der Waals surface area contributed by atoms with Crippen molar-refractivity contribution in [3.8, 4) is 5.69 Å². The van der Waals surface area contributed by atoms with E-state index in [1.54, 1.807) is 6.08 Å². The Bertz CT molecular complexity index is 1210. The molecule has 6 heteroatoms. The van der Waals surface area contributed by atoms with Crippen LogP contribution in [-0.2, 0) is 9.59 Å². The number of hydrogen-bond acceptors (Lipinski definition) is 3. The third-order valence-corrected chi connectivity index (χ3v) is 5.98. The fourth-order valence-corrected chi connectivity index (χ4v) is 4.43. The first kappa shape index (κ1) is 21.7. The lowest BCUT2D eigenvalue weighted by molar-refractivity contribution is -0.127. The van der Waals surface area contributed by atoms with E-state index in [2.05, 4.69) is 4.57 Å². The third kappa shape index (κ3) is 3.78. The number of nitrogens with zero attached hydrogens (tertiary/aromatic N) is 3. The van der Waals surface area contributed by atoms with Crippen molar-refractivity contribution in [1.82, 2.24) is 9.47 Å². The molecule has 1 fully saturated rings. The maximum Gasteiger partial charge on any atom is 0.270 e. The molecule has 1 aromatic heterocycles. The van der Waals surface area contributed by atoms with Gasteiger partial charge in [0.2, 0.25) is 0 Å². The number of carbonyl (C=O) groups excluding carboxylic acids is 2. The van der Waals surface area contributed by atoms with Crippen molar-refractivity contribution >= 4 is 40.9 Å². The first-order valence-electron chi connectivity index (χ1n) is 10.7. The molecule has 2 aromatic carbocycles. The van der Waals surface area contributed by atoms with Crippen molar-refractivity contribution in [2.75, 3.05) is 11.4 Å². The fourth-order valence-electron chi connectivity index (χ4n) is 4.06. The van der Waals surface area contributed by atoms with Crippen LogP contribution >= 0.6 is 12.2 Å². The number of para-hydroxylation sites is 2. The molecule has 5 nitrogen and oxygen atoms in total. The van der Waals surface area contributed by atoms with Gasteiger partial charge in [0.15, 0.2) is 5.11 Å². The Morgan fingerprint density at radius 2 is 1.47 bits per heavy atom. The van der Waals surface area contributed by atoms with E-state index in [0.717, 1.165) is 29.1 Å². The maximum absolute atomic E-state index is 13.5. The van der Waals surface area contributed by atoms with Gasteiger partial charge in [0.05, 0.1) is 5.69 Å². The van der Waals surface area contributed by atoms with Crippen LogP contribution in [0.3, 0.4) is 0 Å². The molecule has 3 aromatic rings. The summed E-state index contributed by atoms with van der Waals surface area (Å²) in [5.41, 5.74) is 4.62. The smallest absolute Gasteiger partial charge is 0.270 e. The van der Waals surface area contributed by atoms with Crippen molar-refractivity contribution in [3.05, 3.63) is 89.3 Å². The topological polar surface area (TPSA) is 45.6 Å². The van der Waals surface area contributed by atoms with Gasteiger partial charge in [-0.3, -0.25) is 19.4 Å². The Balaban J connectivity index is 1.82. The molecule has 0 aliphatic carbocycles. The van der Waals surface area contributed by atoms with E-state index in [-0.39, 0.29) is 16.6 Å². The second kappa shape index (κ2) is 8.93. The van der Waals surface area contributed by atoms with Crippen LogP contribution in [0.15, 0.2) is 72.3 Å². The minimum atomic E-state index is -0.400. The number of hydrogen-bond donors (Lipinski definition) is 0. The highest BCUT2D eigenvalue weighted by Crippen LogP contribution is 2.28. The average Bonchev–Trinajstić information content (AvgIpc) is 3.08. The zero-order chi connectivity index (χ0) is 22.8. The van der Waals surface area contributed by atoms with Crippen LogP contribution in [-0.4, -0.2) is 32.9 Å². The molecule has 0 atom stereocenters. The number of benzene rings is 2. The zero-order valence-corrected chi connectivity index (χ0v) is 19.2. The highest BCUT2D eigenvalue weighted by atomic mass is 32.1. The Labute approximate surface area is 193 Å². The lowest BCUT2D eigenvalue weighted by Gasteiger charge is -2.36. The van der Waals surface area contributed by atoms with Crippen LogP contribution in [0, 0.1) is 13.8 Å². The summed E-state index contributed by atoms with van der Waals surface area (Å²) in [5, 5.41) is 0.222. The summed E-state index contributed by atoms with van der Waals surface area (Å²) < 4.78 is 2.12. The molecule has 0 radical (unpaired) electrons. The summed E-state index contributed by atoms with van der Waals surface area (Å²) in [6.45, 7) is 6.44. The monoisotopic (exact) mass is 443 g/mol. The Kier molecular flexibility index (Phi) is 6.06. The molecular weight excluding hydrogens is 418 g/mol. The van der Waals surface area contributed by atoms with Crippen LogP contribution in [0.4, 0.5) is 5.69 Å². The number of aryl methyl sites for hydroxylation is 1.